The first kappa shape index (κ1) is 21.9. The summed E-state index contributed by atoms with van der Waals surface area (Å²) in [6, 6.07) is 16.4. The molecule has 3 aromatic rings. The zero-order chi connectivity index (χ0) is 22.2. The number of halogens is 1. The van der Waals surface area contributed by atoms with Gasteiger partial charge in [-0.1, -0.05) is 12.1 Å². The molecule has 6 heteroatoms. The van der Waals surface area contributed by atoms with Crippen LogP contribution < -0.4 is 18.9 Å². The molecule has 0 spiro atoms. The smallest absolute Gasteiger partial charge is 0.189 e. The van der Waals surface area contributed by atoms with E-state index in [1.807, 2.05) is 12.1 Å². The Labute approximate surface area is 180 Å². The van der Waals surface area contributed by atoms with Crippen molar-refractivity contribution in [1.29, 1.82) is 0 Å². The molecule has 0 aliphatic heterocycles. The molecule has 160 valence electrons. The summed E-state index contributed by atoms with van der Waals surface area (Å²) < 4.78 is 34.7. The van der Waals surface area contributed by atoms with Crippen LogP contribution in [0.1, 0.15) is 21.5 Å². The highest BCUT2D eigenvalue weighted by atomic mass is 19.1. The van der Waals surface area contributed by atoms with E-state index in [0.717, 1.165) is 11.1 Å². The fraction of sp³-hybridized carbons (Fsp3) is 0.160. The molecule has 0 amide bonds. The van der Waals surface area contributed by atoms with Gasteiger partial charge in [0.2, 0.25) is 0 Å². The maximum Gasteiger partial charge on any atom is 0.189 e. The second kappa shape index (κ2) is 10.3. The lowest BCUT2D eigenvalue weighted by Crippen LogP contribution is -2.00. The Balaban J connectivity index is 1.78. The van der Waals surface area contributed by atoms with E-state index in [0.29, 0.717) is 28.6 Å². The molecule has 0 aliphatic rings. The van der Waals surface area contributed by atoms with Crippen molar-refractivity contribution in [2.75, 3.05) is 21.3 Å². The lowest BCUT2D eigenvalue weighted by atomic mass is 10.1. The molecule has 0 fully saturated rings. The third kappa shape index (κ3) is 5.63. The van der Waals surface area contributed by atoms with Gasteiger partial charge in [0.15, 0.2) is 5.78 Å². The molecule has 0 atom stereocenters. The number of rotatable bonds is 9. The number of benzene rings is 3. The van der Waals surface area contributed by atoms with Crippen LogP contribution in [0.5, 0.6) is 23.0 Å². The Morgan fingerprint density at radius 2 is 1.52 bits per heavy atom. The van der Waals surface area contributed by atoms with Gasteiger partial charge < -0.3 is 18.9 Å². The third-order valence-electron chi connectivity index (χ3n) is 4.61. The van der Waals surface area contributed by atoms with Crippen LogP contribution in [0.3, 0.4) is 0 Å². The lowest BCUT2D eigenvalue weighted by Gasteiger charge is -2.11. The van der Waals surface area contributed by atoms with Crippen LogP contribution >= 0.6 is 0 Å². The fourth-order valence-electron chi connectivity index (χ4n) is 2.98. The van der Waals surface area contributed by atoms with Crippen molar-refractivity contribution in [3.8, 4) is 23.0 Å². The van der Waals surface area contributed by atoms with Gasteiger partial charge in [0.05, 0.1) is 26.9 Å². The maximum atomic E-state index is 13.1. The van der Waals surface area contributed by atoms with Gasteiger partial charge in [0.25, 0.3) is 0 Å². The first-order chi connectivity index (χ1) is 15.0. The normalized spacial score (nSPS) is 10.7. The molecule has 0 heterocycles. The molecule has 0 saturated carbocycles. The van der Waals surface area contributed by atoms with Crippen molar-refractivity contribution in [3.05, 3.63) is 89.2 Å². The van der Waals surface area contributed by atoms with Crippen molar-refractivity contribution in [1.82, 2.24) is 0 Å². The van der Waals surface area contributed by atoms with E-state index in [-0.39, 0.29) is 18.2 Å². The van der Waals surface area contributed by atoms with E-state index >= 15 is 0 Å². The number of hydrogen-bond donors (Lipinski definition) is 0. The number of allylic oxidation sites excluding steroid dienone is 1. The Morgan fingerprint density at radius 1 is 0.839 bits per heavy atom. The number of methoxy groups -OCH3 is 3. The van der Waals surface area contributed by atoms with E-state index < -0.39 is 0 Å². The largest absolute Gasteiger partial charge is 0.497 e. The van der Waals surface area contributed by atoms with Crippen LogP contribution in [0.4, 0.5) is 4.39 Å². The summed E-state index contributed by atoms with van der Waals surface area (Å²) in [5.74, 6) is 1.70. The Hall–Kier alpha value is -3.80. The molecule has 0 N–H and O–H groups in total. The predicted molar refractivity (Wildman–Crippen MR) is 117 cm³/mol. The molecular formula is C25H23FO5. The van der Waals surface area contributed by atoms with Gasteiger partial charge in [-0.05, 0) is 66.2 Å². The molecule has 0 radical (unpaired) electrons. The van der Waals surface area contributed by atoms with E-state index in [2.05, 4.69) is 0 Å². The molecule has 0 aliphatic carbocycles. The van der Waals surface area contributed by atoms with Crippen LogP contribution in [0.25, 0.3) is 6.08 Å². The van der Waals surface area contributed by atoms with Crippen molar-refractivity contribution in [2.24, 2.45) is 0 Å². The van der Waals surface area contributed by atoms with Gasteiger partial charge in [0.1, 0.15) is 35.4 Å². The monoisotopic (exact) mass is 422 g/mol. The van der Waals surface area contributed by atoms with E-state index in [1.165, 1.54) is 25.3 Å². The van der Waals surface area contributed by atoms with Gasteiger partial charge in [0, 0.05) is 5.56 Å². The van der Waals surface area contributed by atoms with Gasteiger partial charge in [-0.3, -0.25) is 4.79 Å². The molecular weight excluding hydrogens is 399 g/mol. The summed E-state index contributed by atoms with van der Waals surface area (Å²) >= 11 is 0. The van der Waals surface area contributed by atoms with Crippen LogP contribution in [-0.2, 0) is 6.61 Å². The molecule has 0 saturated heterocycles. The van der Waals surface area contributed by atoms with Crippen molar-refractivity contribution < 1.29 is 28.1 Å². The number of hydrogen-bond acceptors (Lipinski definition) is 5. The molecule has 31 heavy (non-hydrogen) atoms. The first-order valence-electron chi connectivity index (χ1n) is 9.53. The molecule has 0 aromatic heterocycles. The van der Waals surface area contributed by atoms with Crippen molar-refractivity contribution in [3.63, 3.8) is 0 Å². The second-order valence-corrected chi connectivity index (χ2v) is 6.58. The molecule has 0 unspecified atom stereocenters. The predicted octanol–water partition coefficient (Wildman–Crippen LogP) is 5.33. The summed E-state index contributed by atoms with van der Waals surface area (Å²) in [5.41, 5.74) is 2.00. The van der Waals surface area contributed by atoms with Crippen LogP contribution in [0, 0.1) is 5.82 Å². The zero-order valence-electron chi connectivity index (χ0n) is 17.6. The van der Waals surface area contributed by atoms with Crippen LogP contribution in [0.15, 0.2) is 66.7 Å². The number of ether oxygens (including phenoxy) is 4. The average molecular weight is 422 g/mol. The highest BCUT2D eigenvalue weighted by Crippen LogP contribution is 2.26. The Bertz CT molecular complexity index is 1070. The number of carbonyl (C=O) groups excluding carboxylic acids is 1. The van der Waals surface area contributed by atoms with Gasteiger partial charge in [-0.15, -0.1) is 0 Å². The lowest BCUT2D eigenvalue weighted by molar-refractivity contribution is 0.104. The fourth-order valence-corrected chi connectivity index (χ4v) is 2.98. The van der Waals surface area contributed by atoms with Gasteiger partial charge >= 0.3 is 0 Å². The SMILES string of the molecule is COc1ccc(OC)c(C(=O)/C=C/c2ccc(OC)c(COc3ccc(F)cc3)c2)c1. The summed E-state index contributed by atoms with van der Waals surface area (Å²) in [5, 5.41) is 0. The van der Waals surface area contributed by atoms with E-state index in [9.17, 15) is 9.18 Å². The summed E-state index contributed by atoms with van der Waals surface area (Å²) in [6.07, 6.45) is 3.19. The van der Waals surface area contributed by atoms with Crippen LogP contribution in [-0.4, -0.2) is 27.1 Å². The number of carbonyl (C=O) groups is 1. The standard InChI is InChI=1S/C25H23FO5/c1-28-21-10-13-25(30-3)22(15-21)23(27)11-4-17-5-12-24(29-2)18(14-17)16-31-20-8-6-19(26)7-9-20/h4-15H,16H2,1-3H3/b11-4+. The summed E-state index contributed by atoms with van der Waals surface area (Å²) in [4.78, 5) is 12.7. The quantitative estimate of drug-likeness (QED) is 0.345. The Kier molecular flexibility index (Phi) is 7.27. The average Bonchev–Trinajstić information content (AvgIpc) is 2.81. The molecule has 3 aromatic carbocycles. The molecule has 3 rings (SSSR count). The molecule has 0 bridgehead atoms. The minimum absolute atomic E-state index is 0.212. The van der Waals surface area contributed by atoms with Crippen molar-refractivity contribution >= 4 is 11.9 Å². The van der Waals surface area contributed by atoms with Gasteiger partial charge in [-0.2, -0.15) is 0 Å². The zero-order valence-corrected chi connectivity index (χ0v) is 17.6. The maximum absolute atomic E-state index is 13.1. The highest BCUT2D eigenvalue weighted by Gasteiger charge is 2.11. The minimum atomic E-state index is -0.325. The van der Waals surface area contributed by atoms with Crippen molar-refractivity contribution in [2.45, 2.75) is 6.61 Å². The summed E-state index contributed by atoms with van der Waals surface area (Å²) in [6.45, 7) is 0.230. The van der Waals surface area contributed by atoms with E-state index in [1.54, 1.807) is 56.7 Å². The first-order valence-corrected chi connectivity index (χ1v) is 9.53. The summed E-state index contributed by atoms with van der Waals surface area (Å²) in [7, 11) is 4.63. The molecule has 5 nitrogen and oxygen atoms in total. The number of ketones is 1. The highest BCUT2D eigenvalue weighted by molar-refractivity contribution is 6.08. The Morgan fingerprint density at radius 3 is 2.19 bits per heavy atom. The minimum Gasteiger partial charge on any atom is -0.497 e. The van der Waals surface area contributed by atoms with Gasteiger partial charge in [-0.25, -0.2) is 4.39 Å². The van der Waals surface area contributed by atoms with E-state index in [4.69, 9.17) is 18.9 Å². The topological polar surface area (TPSA) is 54.0 Å². The third-order valence-corrected chi connectivity index (χ3v) is 4.61. The van der Waals surface area contributed by atoms with Crippen LogP contribution in [0.2, 0.25) is 0 Å². The second-order valence-electron chi connectivity index (χ2n) is 6.58.